The summed E-state index contributed by atoms with van der Waals surface area (Å²) in [6.45, 7) is 7.21. The molecule has 0 unspecified atom stereocenters. The first-order valence-corrected chi connectivity index (χ1v) is 8.20. The van der Waals surface area contributed by atoms with E-state index in [4.69, 9.17) is 4.74 Å². The van der Waals surface area contributed by atoms with Crippen molar-refractivity contribution >= 4 is 29.9 Å². The summed E-state index contributed by atoms with van der Waals surface area (Å²) in [6.07, 6.45) is 8.03. The van der Waals surface area contributed by atoms with Crippen LogP contribution in [0.4, 0.5) is 0 Å². The molecular weight excluding hydrogens is 377 g/mol. The lowest BCUT2D eigenvalue weighted by Crippen LogP contribution is -2.52. The summed E-state index contributed by atoms with van der Waals surface area (Å²) in [4.78, 5) is 4.35. The van der Waals surface area contributed by atoms with Gasteiger partial charge in [-0.15, -0.1) is 24.0 Å². The number of hydrogen-bond acceptors (Lipinski definition) is 2. The van der Waals surface area contributed by atoms with Crippen LogP contribution in [0.1, 0.15) is 52.4 Å². The zero-order valence-electron chi connectivity index (χ0n) is 13.8. The molecule has 0 radical (unpaired) electrons. The van der Waals surface area contributed by atoms with Crippen molar-refractivity contribution in [3.05, 3.63) is 0 Å². The van der Waals surface area contributed by atoms with Gasteiger partial charge in [0.15, 0.2) is 5.96 Å². The fourth-order valence-corrected chi connectivity index (χ4v) is 3.24. The minimum Gasteiger partial charge on any atom is -0.380 e. The van der Waals surface area contributed by atoms with Gasteiger partial charge in [-0.2, -0.15) is 0 Å². The quantitative estimate of drug-likeness (QED) is 0.417. The molecule has 0 amide bonds. The van der Waals surface area contributed by atoms with Crippen molar-refractivity contribution in [3.63, 3.8) is 0 Å². The summed E-state index contributed by atoms with van der Waals surface area (Å²) in [6, 6.07) is 0.597. The Morgan fingerprint density at radius 3 is 2.38 bits per heavy atom. The molecule has 2 N–H and O–H groups in total. The van der Waals surface area contributed by atoms with Crippen molar-refractivity contribution < 1.29 is 4.74 Å². The van der Waals surface area contributed by atoms with Gasteiger partial charge >= 0.3 is 0 Å². The van der Waals surface area contributed by atoms with Gasteiger partial charge in [0.1, 0.15) is 0 Å². The summed E-state index contributed by atoms with van der Waals surface area (Å²) >= 11 is 0. The molecule has 124 valence electrons. The maximum absolute atomic E-state index is 5.29. The van der Waals surface area contributed by atoms with E-state index in [-0.39, 0.29) is 29.4 Å². The molecule has 2 rings (SSSR count). The lowest BCUT2D eigenvalue weighted by molar-refractivity contribution is -0.0971. The van der Waals surface area contributed by atoms with E-state index in [1.807, 2.05) is 7.05 Å². The largest absolute Gasteiger partial charge is 0.380 e. The number of aliphatic imine (C=N–C) groups is 1. The Balaban J connectivity index is 0.00000220. The van der Waals surface area contributed by atoms with E-state index >= 15 is 0 Å². The van der Waals surface area contributed by atoms with E-state index in [1.54, 1.807) is 0 Å². The van der Waals surface area contributed by atoms with Gasteiger partial charge in [0.25, 0.3) is 0 Å². The number of halogens is 1. The molecule has 0 aromatic carbocycles. The molecule has 4 nitrogen and oxygen atoms in total. The second-order valence-corrected chi connectivity index (χ2v) is 6.88. The van der Waals surface area contributed by atoms with Gasteiger partial charge in [-0.3, -0.25) is 4.99 Å². The zero-order valence-corrected chi connectivity index (χ0v) is 16.1. The Morgan fingerprint density at radius 2 is 1.90 bits per heavy atom. The van der Waals surface area contributed by atoms with Crippen LogP contribution in [0.3, 0.4) is 0 Å². The highest BCUT2D eigenvalue weighted by Gasteiger charge is 2.33. The third kappa shape index (κ3) is 5.93. The highest BCUT2D eigenvalue weighted by atomic mass is 127. The monoisotopic (exact) mass is 409 g/mol. The first-order valence-electron chi connectivity index (χ1n) is 8.20. The van der Waals surface area contributed by atoms with Gasteiger partial charge in [-0.05, 0) is 31.6 Å². The first kappa shape index (κ1) is 19.0. The Hall–Kier alpha value is -0.0400. The molecule has 0 aromatic heterocycles. The van der Waals surface area contributed by atoms with Crippen molar-refractivity contribution in [1.82, 2.24) is 10.6 Å². The van der Waals surface area contributed by atoms with E-state index in [1.165, 1.54) is 38.5 Å². The number of nitrogens with zero attached hydrogens (tertiary/aromatic N) is 1. The molecule has 21 heavy (non-hydrogen) atoms. The molecule has 2 fully saturated rings. The van der Waals surface area contributed by atoms with Crippen LogP contribution < -0.4 is 10.6 Å². The highest BCUT2D eigenvalue weighted by molar-refractivity contribution is 14.0. The third-order valence-corrected chi connectivity index (χ3v) is 4.69. The van der Waals surface area contributed by atoms with E-state index in [9.17, 15) is 0 Å². The van der Waals surface area contributed by atoms with Gasteiger partial charge in [0.05, 0.1) is 13.2 Å². The van der Waals surface area contributed by atoms with Crippen molar-refractivity contribution in [2.45, 2.75) is 58.4 Å². The van der Waals surface area contributed by atoms with E-state index in [2.05, 4.69) is 29.5 Å². The second kappa shape index (κ2) is 9.18. The van der Waals surface area contributed by atoms with Gasteiger partial charge in [0, 0.05) is 25.0 Å². The first-order chi connectivity index (χ1) is 9.65. The summed E-state index contributed by atoms with van der Waals surface area (Å²) in [5.41, 5.74) is 0.288. The van der Waals surface area contributed by atoms with Crippen LogP contribution >= 0.6 is 24.0 Å². The molecule has 1 heterocycles. The van der Waals surface area contributed by atoms with E-state index < -0.39 is 0 Å². The second-order valence-electron chi connectivity index (χ2n) is 6.88. The molecule has 0 atom stereocenters. The molecule has 1 aliphatic heterocycles. The number of hydrogen-bond donors (Lipinski definition) is 2. The Kier molecular flexibility index (Phi) is 8.31. The van der Waals surface area contributed by atoms with Crippen LogP contribution in [0, 0.1) is 11.3 Å². The molecule has 0 spiro atoms. The lowest BCUT2D eigenvalue weighted by Gasteiger charge is -2.38. The molecule has 0 bridgehead atoms. The number of ether oxygens (including phenoxy) is 1. The zero-order chi connectivity index (χ0) is 14.4. The third-order valence-electron chi connectivity index (χ3n) is 4.69. The number of nitrogens with one attached hydrogen (secondary N) is 2. The van der Waals surface area contributed by atoms with Crippen molar-refractivity contribution in [1.29, 1.82) is 0 Å². The highest BCUT2D eigenvalue weighted by Crippen LogP contribution is 2.28. The van der Waals surface area contributed by atoms with Gasteiger partial charge in [-0.1, -0.05) is 26.7 Å². The molecule has 1 aliphatic carbocycles. The molecular formula is C16H32IN3O. The fourth-order valence-electron chi connectivity index (χ4n) is 3.24. The maximum atomic E-state index is 5.29. The average Bonchev–Trinajstić information content (AvgIpc) is 2.43. The minimum atomic E-state index is 0. The molecule has 0 aromatic rings. The average molecular weight is 409 g/mol. The number of guanidine groups is 1. The summed E-state index contributed by atoms with van der Waals surface area (Å²) in [5.74, 6) is 1.91. The molecule has 5 heteroatoms. The Labute approximate surface area is 146 Å². The predicted octanol–water partition coefficient (Wildman–Crippen LogP) is 3.16. The molecule has 1 saturated carbocycles. The topological polar surface area (TPSA) is 45.7 Å². The van der Waals surface area contributed by atoms with Gasteiger partial charge < -0.3 is 15.4 Å². The summed E-state index contributed by atoms with van der Waals surface area (Å²) in [7, 11) is 1.86. The summed E-state index contributed by atoms with van der Waals surface area (Å²) in [5, 5.41) is 7.04. The normalized spacial score (nSPS) is 28.2. The van der Waals surface area contributed by atoms with Crippen LogP contribution in [0.15, 0.2) is 4.99 Å². The van der Waals surface area contributed by atoms with Crippen molar-refractivity contribution in [3.8, 4) is 0 Å². The maximum Gasteiger partial charge on any atom is 0.191 e. The van der Waals surface area contributed by atoms with Crippen LogP contribution in [0.2, 0.25) is 0 Å². The Morgan fingerprint density at radius 1 is 1.24 bits per heavy atom. The standard InChI is InChI=1S/C16H31N3O.HI/c1-4-5-13-6-8-14(9-7-13)19-15(17-3)18-10-16(2)11-20-12-16;/h13-14H,4-12H2,1-3H3,(H2,17,18,19);1H. The van der Waals surface area contributed by atoms with E-state index in [0.29, 0.717) is 6.04 Å². The fraction of sp³-hybridized carbons (Fsp3) is 0.938. The van der Waals surface area contributed by atoms with Crippen LogP contribution in [-0.4, -0.2) is 38.8 Å². The van der Waals surface area contributed by atoms with Crippen LogP contribution in [-0.2, 0) is 4.74 Å². The van der Waals surface area contributed by atoms with Crippen molar-refractivity contribution in [2.24, 2.45) is 16.3 Å². The summed E-state index contributed by atoms with van der Waals surface area (Å²) < 4.78 is 5.29. The van der Waals surface area contributed by atoms with Gasteiger partial charge in [0.2, 0.25) is 0 Å². The van der Waals surface area contributed by atoms with Crippen molar-refractivity contribution in [2.75, 3.05) is 26.8 Å². The SMILES string of the molecule is CCCC1CCC(NC(=NC)NCC2(C)COC2)CC1.I. The predicted molar refractivity (Wildman–Crippen MR) is 99.5 cm³/mol. The Bertz CT molecular complexity index is 323. The molecule has 1 saturated heterocycles. The smallest absolute Gasteiger partial charge is 0.191 e. The van der Waals surface area contributed by atoms with E-state index in [0.717, 1.165) is 31.6 Å². The van der Waals surface area contributed by atoms with Crippen LogP contribution in [0.25, 0.3) is 0 Å². The number of rotatable bonds is 5. The van der Waals surface area contributed by atoms with Crippen LogP contribution in [0.5, 0.6) is 0 Å². The lowest BCUT2D eigenvalue weighted by atomic mass is 9.83. The van der Waals surface area contributed by atoms with Gasteiger partial charge in [-0.25, -0.2) is 0 Å². The minimum absolute atomic E-state index is 0. The molecule has 2 aliphatic rings.